The van der Waals surface area contributed by atoms with Crippen LogP contribution in [0.5, 0.6) is 5.75 Å². The number of halogens is 1. The van der Waals surface area contributed by atoms with E-state index in [1.54, 1.807) is 35.2 Å². The zero-order chi connectivity index (χ0) is 23.7. The molecule has 9 heteroatoms. The number of amides is 2. The first kappa shape index (κ1) is 22.1. The molecule has 1 saturated carbocycles. The Labute approximate surface area is 195 Å². The molecule has 2 amide bonds. The lowest BCUT2D eigenvalue weighted by atomic mass is 10.1. The Kier molecular flexibility index (Phi) is 5.79. The minimum absolute atomic E-state index is 0.0598. The van der Waals surface area contributed by atoms with E-state index in [0.717, 1.165) is 5.56 Å². The van der Waals surface area contributed by atoms with E-state index in [1.165, 1.54) is 19.2 Å². The maximum absolute atomic E-state index is 13.3. The van der Waals surface area contributed by atoms with E-state index in [2.05, 4.69) is 15.5 Å². The Morgan fingerprint density at radius 2 is 1.88 bits per heavy atom. The molecule has 2 N–H and O–H groups in total. The Balaban J connectivity index is 1.42. The number of hydrogen-bond acceptors (Lipinski definition) is 5. The molecule has 176 valence electrons. The average molecular weight is 464 g/mol. The molecule has 2 fully saturated rings. The van der Waals surface area contributed by atoms with Gasteiger partial charge in [0.1, 0.15) is 17.1 Å². The number of carbonyl (C=O) groups is 2. The number of nitrogens with one attached hydrogen (secondary N) is 2. The lowest BCUT2D eigenvalue weighted by Crippen LogP contribution is -2.53. The van der Waals surface area contributed by atoms with Gasteiger partial charge in [0, 0.05) is 13.1 Å². The highest BCUT2D eigenvalue weighted by molar-refractivity contribution is 6.07. The molecule has 2 aliphatic rings. The van der Waals surface area contributed by atoms with Crippen LogP contribution in [-0.4, -0.2) is 65.9 Å². The first-order valence-electron chi connectivity index (χ1n) is 11.2. The summed E-state index contributed by atoms with van der Waals surface area (Å²) in [6.45, 7) is 2.08. The van der Waals surface area contributed by atoms with Crippen LogP contribution in [-0.2, 0) is 9.53 Å². The summed E-state index contributed by atoms with van der Waals surface area (Å²) in [4.78, 5) is 28.1. The number of ether oxygens (including phenoxy) is 2. The number of H-pyrrole nitrogens is 1. The lowest BCUT2D eigenvalue weighted by Gasteiger charge is -2.31. The second-order valence-corrected chi connectivity index (χ2v) is 8.50. The largest absolute Gasteiger partial charge is 0.495 e. The topological polar surface area (TPSA) is 96.6 Å². The summed E-state index contributed by atoms with van der Waals surface area (Å²) in [7, 11) is 1.50. The van der Waals surface area contributed by atoms with Crippen LogP contribution in [0.15, 0.2) is 36.4 Å². The van der Waals surface area contributed by atoms with Gasteiger partial charge in [-0.2, -0.15) is 5.10 Å². The summed E-state index contributed by atoms with van der Waals surface area (Å²) < 4.78 is 24.2. The predicted molar refractivity (Wildman–Crippen MR) is 125 cm³/mol. The van der Waals surface area contributed by atoms with Crippen molar-refractivity contribution in [3.05, 3.63) is 59.0 Å². The van der Waals surface area contributed by atoms with E-state index in [1.807, 2.05) is 6.08 Å². The van der Waals surface area contributed by atoms with Crippen LogP contribution in [0.3, 0.4) is 0 Å². The summed E-state index contributed by atoms with van der Waals surface area (Å²) in [6.07, 6.45) is 4.84. The van der Waals surface area contributed by atoms with Gasteiger partial charge in [-0.05, 0) is 48.7 Å². The van der Waals surface area contributed by atoms with Crippen LogP contribution in [0.4, 0.5) is 4.39 Å². The number of carbonyl (C=O) groups excluding carboxylic acids is 2. The van der Waals surface area contributed by atoms with E-state index in [-0.39, 0.29) is 17.6 Å². The molecule has 0 radical (unpaired) electrons. The fourth-order valence-corrected chi connectivity index (χ4v) is 4.24. The zero-order valence-corrected chi connectivity index (χ0v) is 18.8. The van der Waals surface area contributed by atoms with Gasteiger partial charge in [0.25, 0.3) is 5.91 Å². The summed E-state index contributed by atoms with van der Waals surface area (Å²) in [5, 5.41) is 10.9. The number of fused-ring (bicyclic) bond motifs is 1. The van der Waals surface area contributed by atoms with Gasteiger partial charge in [-0.15, -0.1) is 0 Å². The number of aromatic amines is 1. The third-order valence-electron chi connectivity index (χ3n) is 6.27. The number of morpholine rings is 1. The van der Waals surface area contributed by atoms with Crippen LogP contribution < -0.4 is 10.1 Å². The van der Waals surface area contributed by atoms with E-state index >= 15 is 0 Å². The summed E-state index contributed by atoms with van der Waals surface area (Å²) in [6, 6.07) is 9.50. The van der Waals surface area contributed by atoms with Gasteiger partial charge < -0.3 is 19.7 Å². The van der Waals surface area contributed by atoms with Gasteiger partial charge in [0.15, 0.2) is 0 Å². The van der Waals surface area contributed by atoms with Gasteiger partial charge in [0.2, 0.25) is 5.91 Å². The third-order valence-corrected chi connectivity index (χ3v) is 6.27. The van der Waals surface area contributed by atoms with Gasteiger partial charge in [-0.3, -0.25) is 14.7 Å². The van der Waals surface area contributed by atoms with Crippen LogP contribution >= 0.6 is 0 Å². The highest BCUT2D eigenvalue weighted by atomic mass is 19.1. The number of aromatic nitrogens is 2. The Morgan fingerprint density at radius 3 is 2.56 bits per heavy atom. The minimum Gasteiger partial charge on any atom is -0.495 e. The van der Waals surface area contributed by atoms with Crippen molar-refractivity contribution in [1.82, 2.24) is 20.4 Å². The molecule has 1 aliphatic carbocycles. The Hall–Kier alpha value is -3.72. The van der Waals surface area contributed by atoms with Crippen LogP contribution in [0.25, 0.3) is 23.1 Å². The normalized spacial score (nSPS) is 17.2. The molecule has 1 aliphatic heterocycles. The van der Waals surface area contributed by atoms with Gasteiger partial charge in [-0.25, -0.2) is 4.39 Å². The quantitative estimate of drug-likeness (QED) is 0.585. The standard InChI is InChI=1S/C25H25FN4O4/c1-33-22-18(23(31)27-25(10-11-25)24(32)30-12-14-34-15-13-30)7-9-20-21(22)19(28-29-20)8-4-16-2-5-17(26)6-3-16/h2-9H,10-15H2,1H3,(H,27,31)(H,28,29). The molecule has 8 nitrogen and oxygen atoms in total. The summed E-state index contributed by atoms with van der Waals surface area (Å²) in [5.41, 5.74) is 1.56. The smallest absolute Gasteiger partial charge is 0.255 e. The van der Waals surface area contributed by atoms with E-state index in [4.69, 9.17) is 9.47 Å². The number of methoxy groups -OCH3 is 1. The van der Waals surface area contributed by atoms with Crippen molar-refractivity contribution in [1.29, 1.82) is 0 Å². The SMILES string of the molecule is COc1c(C(=O)NC2(C(=O)N3CCOCC3)CC2)ccc2n[nH]c(C=Cc3ccc(F)cc3)c12. The van der Waals surface area contributed by atoms with E-state index in [0.29, 0.717) is 67.1 Å². The summed E-state index contributed by atoms with van der Waals surface area (Å²) >= 11 is 0. The average Bonchev–Trinajstić information content (AvgIpc) is 3.53. The fourth-order valence-electron chi connectivity index (χ4n) is 4.24. The zero-order valence-electron chi connectivity index (χ0n) is 18.8. The van der Waals surface area contributed by atoms with Crippen molar-refractivity contribution in [3.63, 3.8) is 0 Å². The second-order valence-electron chi connectivity index (χ2n) is 8.50. The number of nitrogens with zero attached hydrogens (tertiary/aromatic N) is 2. The molecule has 0 unspecified atom stereocenters. The van der Waals surface area contributed by atoms with Crippen molar-refractivity contribution >= 4 is 34.9 Å². The van der Waals surface area contributed by atoms with Crippen LogP contribution in [0.2, 0.25) is 0 Å². The molecule has 2 aromatic carbocycles. The maximum atomic E-state index is 13.3. The number of hydrogen-bond donors (Lipinski definition) is 2. The molecule has 2 heterocycles. The molecule has 5 rings (SSSR count). The molecule has 0 spiro atoms. The molecule has 0 atom stereocenters. The van der Waals surface area contributed by atoms with Crippen molar-refractivity contribution in [3.8, 4) is 5.75 Å². The van der Waals surface area contributed by atoms with Crippen molar-refractivity contribution < 1.29 is 23.5 Å². The molecule has 34 heavy (non-hydrogen) atoms. The highest BCUT2D eigenvalue weighted by Gasteiger charge is 2.53. The monoisotopic (exact) mass is 464 g/mol. The van der Waals surface area contributed by atoms with E-state index < -0.39 is 5.54 Å². The van der Waals surface area contributed by atoms with Crippen LogP contribution in [0.1, 0.15) is 34.5 Å². The molecule has 0 bridgehead atoms. The maximum Gasteiger partial charge on any atom is 0.255 e. The fraction of sp³-hybridized carbons (Fsp3) is 0.320. The highest BCUT2D eigenvalue weighted by Crippen LogP contribution is 2.39. The number of rotatable bonds is 6. The third kappa shape index (κ3) is 4.14. The first-order chi connectivity index (χ1) is 16.5. The first-order valence-corrected chi connectivity index (χ1v) is 11.2. The molecular formula is C25H25FN4O4. The van der Waals surface area contributed by atoms with Crippen LogP contribution in [0, 0.1) is 5.82 Å². The molecule has 3 aromatic rings. The van der Waals surface area contributed by atoms with Crippen molar-refractivity contribution in [2.75, 3.05) is 33.4 Å². The Bertz CT molecular complexity index is 1260. The minimum atomic E-state index is -0.865. The second kappa shape index (κ2) is 8.90. The lowest BCUT2D eigenvalue weighted by molar-refractivity contribution is -0.138. The van der Waals surface area contributed by atoms with Gasteiger partial charge >= 0.3 is 0 Å². The van der Waals surface area contributed by atoms with Gasteiger partial charge in [-0.1, -0.05) is 18.2 Å². The molecular weight excluding hydrogens is 439 g/mol. The molecule has 1 saturated heterocycles. The van der Waals surface area contributed by atoms with Crippen molar-refractivity contribution in [2.24, 2.45) is 0 Å². The van der Waals surface area contributed by atoms with E-state index in [9.17, 15) is 14.0 Å². The molecule has 1 aromatic heterocycles. The summed E-state index contributed by atoms with van der Waals surface area (Å²) in [5.74, 6) is -0.359. The van der Waals surface area contributed by atoms with Gasteiger partial charge in [0.05, 0.1) is 42.5 Å². The Morgan fingerprint density at radius 1 is 1.15 bits per heavy atom. The van der Waals surface area contributed by atoms with Crippen molar-refractivity contribution in [2.45, 2.75) is 18.4 Å². The predicted octanol–water partition coefficient (Wildman–Crippen LogP) is 3.00. The number of benzene rings is 2.